The third-order valence-corrected chi connectivity index (χ3v) is 4.74. The lowest BCUT2D eigenvalue weighted by atomic mass is 9.77. The molecule has 0 amide bonds. The molecule has 1 saturated heterocycles. The number of halogens is 1. The topological polar surface area (TPSA) is 38.8 Å². The predicted octanol–water partition coefficient (Wildman–Crippen LogP) is 2.64. The van der Waals surface area contributed by atoms with E-state index in [0.717, 1.165) is 23.7 Å². The minimum Gasteiger partial charge on any atom is -0.467 e. The van der Waals surface area contributed by atoms with Crippen molar-refractivity contribution in [1.82, 2.24) is 0 Å². The molecule has 2 aliphatic rings. The second kappa shape index (κ2) is 3.81. The summed E-state index contributed by atoms with van der Waals surface area (Å²) in [6, 6.07) is 6.30. The second-order valence-electron chi connectivity index (χ2n) is 5.21. The van der Waals surface area contributed by atoms with Gasteiger partial charge < -0.3 is 9.47 Å². The highest BCUT2D eigenvalue weighted by molar-refractivity contribution is 9.10. The highest BCUT2D eigenvalue weighted by Gasteiger charge is 2.72. The summed E-state index contributed by atoms with van der Waals surface area (Å²) < 4.78 is 11.7. The molecule has 1 aliphatic heterocycles. The molecular weight excluding hydrogens is 296 g/mol. The van der Waals surface area contributed by atoms with Crippen LogP contribution in [0.3, 0.4) is 0 Å². The summed E-state index contributed by atoms with van der Waals surface area (Å²) in [5.74, 6) is -0.261. The number of carbonyl (C=O) groups is 1. The van der Waals surface area contributed by atoms with Gasteiger partial charge in [0.25, 0.3) is 0 Å². The van der Waals surface area contributed by atoms with Crippen molar-refractivity contribution >= 4 is 21.9 Å². The summed E-state index contributed by atoms with van der Waals surface area (Å²) in [4.78, 5) is 11.8. The van der Waals surface area contributed by atoms with Crippen LogP contribution in [0, 0.1) is 0 Å². The van der Waals surface area contributed by atoms with Crippen LogP contribution in [0.2, 0.25) is 0 Å². The van der Waals surface area contributed by atoms with Crippen molar-refractivity contribution in [2.45, 2.75) is 37.4 Å². The minimum atomic E-state index is -0.757. The van der Waals surface area contributed by atoms with E-state index in [4.69, 9.17) is 9.47 Å². The van der Waals surface area contributed by atoms with E-state index >= 15 is 0 Å². The van der Waals surface area contributed by atoms with E-state index in [1.165, 1.54) is 18.2 Å². The molecule has 0 radical (unpaired) electrons. The molecule has 0 bridgehead atoms. The zero-order chi connectivity index (χ0) is 13.0. The number of aryl methyl sites for hydroxylation is 1. The Hall–Kier alpha value is -0.870. The number of methoxy groups -OCH3 is 1. The quantitative estimate of drug-likeness (QED) is 0.591. The van der Waals surface area contributed by atoms with Gasteiger partial charge in [0, 0.05) is 10.9 Å². The minimum absolute atomic E-state index is 0.261. The van der Waals surface area contributed by atoms with Crippen LogP contribution < -0.4 is 0 Å². The zero-order valence-corrected chi connectivity index (χ0v) is 12.0. The summed E-state index contributed by atoms with van der Waals surface area (Å²) in [5.41, 5.74) is 1.52. The van der Waals surface area contributed by atoms with Gasteiger partial charge in [-0.2, -0.15) is 0 Å². The van der Waals surface area contributed by atoms with Gasteiger partial charge in [-0.25, -0.2) is 4.79 Å². The first kappa shape index (κ1) is 12.2. The summed E-state index contributed by atoms with van der Waals surface area (Å²) in [6.07, 6.45) is 2.62. The molecule has 1 spiro atoms. The van der Waals surface area contributed by atoms with E-state index in [0.29, 0.717) is 0 Å². The van der Waals surface area contributed by atoms with Gasteiger partial charge in [-0.15, -0.1) is 0 Å². The van der Waals surface area contributed by atoms with Crippen molar-refractivity contribution < 1.29 is 14.3 Å². The third kappa shape index (κ3) is 1.55. The van der Waals surface area contributed by atoms with Crippen molar-refractivity contribution in [3.63, 3.8) is 0 Å². The highest BCUT2D eigenvalue weighted by Crippen LogP contribution is 2.55. The van der Waals surface area contributed by atoms with E-state index in [1.54, 1.807) is 0 Å². The Labute approximate surface area is 115 Å². The van der Waals surface area contributed by atoms with Crippen LogP contribution >= 0.6 is 15.9 Å². The molecule has 3 nitrogen and oxygen atoms in total. The number of carbonyl (C=O) groups excluding carboxylic acids is 1. The Kier molecular flexibility index (Phi) is 2.58. The molecule has 2 unspecified atom stereocenters. The Morgan fingerprint density at radius 1 is 1.44 bits per heavy atom. The highest BCUT2D eigenvalue weighted by atomic mass is 79.9. The summed E-state index contributed by atoms with van der Waals surface area (Å²) >= 11 is 3.49. The molecule has 96 valence electrons. The number of ether oxygens (including phenoxy) is 2. The standard InChI is InChI=1S/C14H15BrO3/c1-13(12(16)17-2)14(18-13)6-5-9-7-11(15)4-3-10(9)8-14/h3-4,7H,5-6,8H2,1-2H3. The van der Waals surface area contributed by atoms with Gasteiger partial charge >= 0.3 is 5.97 Å². The number of benzene rings is 1. The molecule has 0 N–H and O–H groups in total. The Morgan fingerprint density at radius 3 is 2.94 bits per heavy atom. The predicted molar refractivity (Wildman–Crippen MR) is 70.4 cm³/mol. The maximum Gasteiger partial charge on any atom is 0.340 e. The molecule has 0 aromatic heterocycles. The summed E-state index contributed by atoms with van der Waals surface area (Å²) in [6.45, 7) is 1.84. The number of rotatable bonds is 1. The van der Waals surface area contributed by atoms with Crippen LogP contribution in [-0.2, 0) is 27.1 Å². The Bertz CT molecular complexity index is 528. The summed E-state index contributed by atoms with van der Waals surface area (Å²) in [7, 11) is 1.41. The van der Waals surface area contributed by atoms with E-state index in [9.17, 15) is 4.79 Å². The average Bonchev–Trinajstić information content (AvgIpc) is 2.94. The number of epoxide rings is 1. The van der Waals surface area contributed by atoms with Gasteiger partial charge in [0.2, 0.25) is 0 Å². The maximum absolute atomic E-state index is 11.8. The normalized spacial score (nSPS) is 33.1. The van der Waals surface area contributed by atoms with Crippen molar-refractivity contribution in [1.29, 1.82) is 0 Å². The van der Waals surface area contributed by atoms with Crippen molar-refractivity contribution in [3.8, 4) is 0 Å². The molecule has 1 aromatic carbocycles. The summed E-state index contributed by atoms with van der Waals surface area (Å²) in [5, 5.41) is 0. The number of esters is 1. The fraction of sp³-hybridized carbons (Fsp3) is 0.500. The second-order valence-corrected chi connectivity index (χ2v) is 6.13. The van der Waals surface area contributed by atoms with E-state index in [2.05, 4.69) is 28.1 Å². The molecule has 4 heteroatoms. The molecular formula is C14H15BrO3. The molecule has 2 atom stereocenters. The fourth-order valence-electron chi connectivity index (χ4n) is 3.01. The monoisotopic (exact) mass is 310 g/mol. The van der Waals surface area contributed by atoms with Gasteiger partial charge in [-0.05, 0) is 43.0 Å². The molecule has 1 heterocycles. The first-order valence-corrected chi connectivity index (χ1v) is 6.86. The van der Waals surface area contributed by atoms with Crippen LogP contribution in [0.15, 0.2) is 22.7 Å². The molecule has 3 rings (SSSR count). The smallest absolute Gasteiger partial charge is 0.340 e. The Morgan fingerprint density at radius 2 is 2.22 bits per heavy atom. The number of hydrogen-bond donors (Lipinski definition) is 0. The largest absolute Gasteiger partial charge is 0.467 e. The van der Waals surface area contributed by atoms with Crippen LogP contribution in [0.5, 0.6) is 0 Å². The maximum atomic E-state index is 11.8. The van der Waals surface area contributed by atoms with Crippen molar-refractivity contribution in [2.75, 3.05) is 7.11 Å². The first-order valence-electron chi connectivity index (χ1n) is 6.07. The van der Waals surface area contributed by atoms with E-state index in [1.807, 2.05) is 13.0 Å². The van der Waals surface area contributed by atoms with Gasteiger partial charge in [0.05, 0.1) is 7.11 Å². The molecule has 18 heavy (non-hydrogen) atoms. The van der Waals surface area contributed by atoms with Gasteiger partial charge in [-0.3, -0.25) is 0 Å². The van der Waals surface area contributed by atoms with Gasteiger partial charge in [0.1, 0.15) is 5.60 Å². The number of hydrogen-bond acceptors (Lipinski definition) is 3. The van der Waals surface area contributed by atoms with E-state index in [-0.39, 0.29) is 11.6 Å². The van der Waals surface area contributed by atoms with Gasteiger partial charge in [0.15, 0.2) is 5.60 Å². The molecule has 0 saturated carbocycles. The lowest BCUT2D eigenvalue weighted by molar-refractivity contribution is -0.146. The SMILES string of the molecule is COC(=O)C1(C)OC12CCc1cc(Br)ccc1C2. The fourth-order valence-corrected chi connectivity index (χ4v) is 3.42. The van der Waals surface area contributed by atoms with Crippen molar-refractivity contribution in [3.05, 3.63) is 33.8 Å². The first-order chi connectivity index (χ1) is 8.51. The van der Waals surface area contributed by atoms with E-state index < -0.39 is 5.60 Å². The van der Waals surface area contributed by atoms with Crippen LogP contribution in [0.1, 0.15) is 24.5 Å². The van der Waals surface area contributed by atoms with Crippen LogP contribution in [0.4, 0.5) is 0 Å². The molecule has 1 aromatic rings. The lowest BCUT2D eigenvalue weighted by Gasteiger charge is -2.24. The van der Waals surface area contributed by atoms with Crippen LogP contribution in [-0.4, -0.2) is 24.3 Å². The number of fused-ring (bicyclic) bond motifs is 1. The third-order valence-electron chi connectivity index (χ3n) is 4.24. The molecule has 1 fully saturated rings. The average molecular weight is 311 g/mol. The zero-order valence-electron chi connectivity index (χ0n) is 10.5. The van der Waals surface area contributed by atoms with Gasteiger partial charge in [-0.1, -0.05) is 22.0 Å². The Balaban J connectivity index is 1.89. The lowest BCUT2D eigenvalue weighted by Crippen LogP contribution is -2.36. The van der Waals surface area contributed by atoms with Crippen molar-refractivity contribution in [2.24, 2.45) is 0 Å². The molecule has 1 aliphatic carbocycles. The van der Waals surface area contributed by atoms with Crippen LogP contribution in [0.25, 0.3) is 0 Å².